The Hall–Kier alpha value is -2.12. The van der Waals surface area contributed by atoms with Crippen molar-refractivity contribution in [3.8, 4) is 0 Å². The molecule has 0 aromatic heterocycles. The quantitative estimate of drug-likeness (QED) is 0.285. The zero-order chi connectivity index (χ0) is 21.0. The van der Waals surface area contributed by atoms with Crippen LogP contribution in [0.2, 0.25) is 0 Å². The second-order valence-electron chi connectivity index (χ2n) is 6.75. The molecule has 0 spiro atoms. The van der Waals surface area contributed by atoms with Crippen LogP contribution in [0.5, 0.6) is 0 Å². The minimum absolute atomic E-state index is 0.0265. The summed E-state index contributed by atoms with van der Waals surface area (Å²) in [6.07, 6.45) is 0.686. The van der Waals surface area contributed by atoms with Crippen LogP contribution in [-0.4, -0.2) is 49.3 Å². The summed E-state index contributed by atoms with van der Waals surface area (Å²) < 4.78 is 20.4. The molecule has 8 heteroatoms. The van der Waals surface area contributed by atoms with Crippen LogP contribution in [0, 0.1) is 11.8 Å². The monoisotopic (exact) mass is 388 g/mol. The standard InChI is InChI=1S/C19H32O8/c1-12(9-7-8-10-24-15(4)20)18(13(2)11-25-16(5)21)27-19(23)14(3)26-17(6)22/h12-14,18H,7-11H2,1-6H3. The highest BCUT2D eigenvalue weighted by molar-refractivity contribution is 5.78. The first-order chi connectivity index (χ1) is 12.5. The number of hydrogen-bond donors (Lipinski definition) is 0. The Balaban J connectivity index is 4.79. The van der Waals surface area contributed by atoms with E-state index in [-0.39, 0.29) is 24.4 Å². The van der Waals surface area contributed by atoms with Crippen molar-refractivity contribution in [3.05, 3.63) is 0 Å². The molecule has 0 N–H and O–H groups in total. The molecule has 0 aliphatic carbocycles. The maximum atomic E-state index is 12.2. The number of carbonyl (C=O) groups is 4. The van der Waals surface area contributed by atoms with Crippen molar-refractivity contribution in [2.75, 3.05) is 13.2 Å². The topological polar surface area (TPSA) is 105 Å². The molecular weight excluding hydrogens is 356 g/mol. The van der Waals surface area contributed by atoms with Crippen molar-refractivity contribution in [1.29, 1.82) is 0 Å². The lowest BCUT2D eigenvalue weighted by Gasteiger charge is -2.30. The third kappa shape index (κ3) is 12.0. The van der Waals surface area contributed by atoms with E-state index in [2.05, 4.69) is 0 Å². The van der Waals surface area contributed by atoms with Crippen molar-refractivity contribution in [2.45, 2.75) is 73.0 Å². The Kier molecular flexibility index (Phi) is 12.1. The average molecular weight is 388 g/mol. The summed E-state index contributed by atoms with van der Waals surface area (Å²) in [5.74, 6) is -2.19. The van der Waals surface area contributed by atoms with Gasteiger partial charge in [-0.05, 0) is 32.1 Å². The van der Waals surface area contributed by atoms with Gasteiger partial charge in [0.25, 0.3) is 0 Å². The van der Waals surface area contributed by atoms with Gasteiger partial charge < -0.3 is 18.9 Å². The second kappa shape index (κ2) is 13.1. The Morgan fingerprint density at radius 3 is 1.85 bits per heavy atom. The Morgan fingerprint density at radius 2 is 1.33 bits per heavy atom. The lowest BCUT2D eigenvalue weighted by molar-refractivity contribution is -0.174. The molecule has 0 rings (SSSR count). The van der Waals surface area contributed by atoms with Gasteiger partial charge in [-0.3, -0.25) is 14.4 Å². The summed E-state index contributed by atoms with van der Waals surface area (Å²) in [6, 6.07) is 0. The van der Waals surface area contributed by atoms with E-state index in [0.717, 1.165) is 12.8 Å². The van der Waals surface area contributed by atoms with E-state index in [1.807, 2.05) is 13.8 Å². The number of unbranched alkanes of at least 4 members (excludes halogenated alkanes) is 1. The van der Waals surface area contributed by atoms with Gasteiger partial charge in [-0.15, -0.1) is 0 Å². The average Bonchev–Trinajstić information content (AvgIpc) is 2.55. The van der Waals surface area contributed by atoms with Gasteiger partial charge in [-0.2, -0.15) is 0 Å². The van der Waals surface area contributed by atoms with Gasteiger partial charge in [0, 0.05) is 26.7 Å². The molecule has 27 heavy (non-hydrogen) atoms. The molecule has 0 radical (unpaired) electrons. The normalized spacial score (nSPS) is 15.0. The highest BCUT2D eigenvalue weighted by Crippen LogP contribution is 2.23. The fourth-order valence-electron chi connectivity index (χ4n) is 2.61. The summed E-state index contributed by atoms with van der Waals surface area (Å²) in [5, 5.41) is 0. The molecule has 0 heterocycles. The van der Waals surface area contributed by atoms with Gasteiger partial charge in [0.15, 0.2) is 6.10 Å². The first-order valence-electron chi connectivity index (χ1n) is 9.19. The zero-order valence-corrected chi connectivity index (χ0v) is 17.1. The first-order valence-corrected chi connectivity index (χ1v) is 9.19. The molecule has 156 valence electrons. The Bertz CT molecular complexity index is 502. The summed E-state index contributed by atoms with van der Waals surface area (Å²) >= 11 is 0. The van der Waals surface area contributed by atoms with Gasteiger partial charge >= 0.3 is 23.9 Å². The molecule has 0 aliphatic rings. The maximum absolute atomic E-state index is 12.2. The summed E-state index contributed by atoms with van der Waals surface area (Å²) in [7, 11) is 0. The number of rotatable bonds is 12. The van der Waals surface area contributed by atoms with Crippen LogP contribution in [0.15, 0.2) is 0 Å². The number of ether oxygens (including phenoxy) is 4. The molecule has 0 aromatic rings. The highest BCUT2D eigenvalue weighted by atomic mass is 16.6. The Morgan fingerprint density at radius 1 is 0.741 bits per heavy atom. The van der Waals surface area contributed by atoms with Gasteiger partial charge in [0.1, 0.15) is 6.10 Å². The molecule has 8 nitrogen and oxygen atoms in total. The maximum Gasteiger partial charge on any atom is 0.347 e. The van der Waals surface area contributed by atoms with E-state index in [4.69, 9.17) is 18.9 Å². The number of carbonyl (C=O) groups excluding carboxylic acids is 4. The minimum atomic E-state index is -1.01. The SMILES string of the molecule is CC(=O)OCCCCC(C)C(OC(=O)C(C)OC(C)=O)C(C)COC(C)=O. The third-order valence-electron chi connectivity index (χ3n) is 3.96. The van der Waals surface area contributed by atoms with Crippen LogP contribution in [-0.2, 0) is 38.1 Å². The van der Waals surface area contributed by atoms with Crippen molar-refractivity contribution in [1.82, 2.24) is 0 Å². The van der Waals surface area contributed by atoms with Crippen LogP contribution in [0.4, 0.5) is 0 Å². The predicted molar refractivity (Wildman–Crippen MR) is 96.6 cm³/mol. The van der Waals surface area contributed by atoms with Crippen LogP contribution in [0.1, 0.15) is 60.8 Å². The highest BCUT2D eigenvalue weighted by Gasteiger charge is 2.30. The van der Waals surface area contributed by atoms with Crippen LogP contribution >= 0.6 is 0 Å². The van der Waals surface area contributed by atoms with E-state index in [0.29, 0.717) is 13.0 Å². The van der Waals surface area contributed by atoms with E-state index >= 15 is 0 Å². The molecular formula is C19H32O8. The lowest BCUT2D eigenvalue weighted by Crippen LogP contribution is -2.38. The third-order valence-corrected chi connectivity index (χ3v) is 3.96. The van der Waals surface area contributed by atoms with Crippen molar-refractivity contribution < 1.29 is 38.1 Å². The van der Waals surface area contributed by atoms with Crippen molar-refractivity contribution >= 4 is 23.9 Å². The van der Waals surface area contributed by atoms with Gasteiger partial charge in [-0.1, -0.05) is 13.8 Å². The molecule has 0 aliphatic heterocycles. The van der Waals surface area contributed by atoms with E-state index in [1.54, 1.807) is 0 Å². The minimum Gasteiger partial charge on any atom is -0.466 e. The van der Waals surface area contributed by atoms with E-state index in [9.17, 15) is 19.2 Å². The van der Waals surface area contributed by atoms with Gasteiger partial charge in [0.05, 0.1) is 13.2 Å². The molecule has 4 atom stereocenters. The fourth-order valence-corrected chi connectivity index (χ4v) is 2.61. The molecule has 0 amide bonds. The zero-order valence-electron chi connectivity index (χ0n) is 17.1. The van der Waals surface area contributed by atoms with E-state index in [1.165, 1.54) is 27.7 Å². The summed E-state index contributed by atoms with van der Waals surface area (Å²) in [6.45, 7) is 9.56. The van der Waals surface area contributed by atoms with Crippen LogP contribution in [0.25, 0.3) is 0 Å². The summed E-state index contributed by atoms with van der Waals surface area (Å²) in [4.78, 5) is 45.1. The van der Waals surface area contributed by atoms with Crippen LogP contribution in [0.3, 0.4) is 0 Å². The van der Waals surface area contributed by atoms with Gasteiger partial charge in [-0.25, -0.2) is 4.79 Å². The lowest BCUT2D eigenvalue weighted by atomic mass is 9.89. The fraction of sp³-hybridized carbons (Fsp3) is 0.789. The van der Waals surface area contributed by atoms with Crippen molar-refractivity contribution in [2.24, 2.45) is 11.8 Å². The van der Waals surface area contributed by atoms with Gasteiger partial charge in [0.2, 0.25) is 0 Å². The molecule has 0 fully saturated rings. The molecule has 0 bridgehead atoms. The molecule has 0 saturated heterocycles. The molecule has 0 aromatic carbocycles. The van der Waals surface area contributed by atoms with Crippen LogP contribution < -0.4 is 0 Å². The Labute approximate surface area is 160 Å². The smallest absolute Gasteiger partial charge is 0.347 e. The van der Waals surface area contributed by atoms with E-state index < -0.39 is 30.1 Å². The first kappa shape index (κ1) is 24.9. The second-order valence-corrected chi connectivity index (χ2v) is 6.75. The largest absolute Gasteiger partial charge is 0.466 e. The molecule has 4 unspecified atom stereocenters. The number of hydrogen-bond acceptors (Lipinski definition) is 8. The predicted octanol–water partition coefficient (Wildman–Crippen LogP) is 2.42. The number of esters is 4. The van der Waals surface area contributed by atoms with Crippen molar-refractivity contribution in [3.63, 3.8) is 0 Å². The molecule has 0 saturated carbocycles. The summed E-state index contributed by atoms with van der Waals surface area (Å²) in [5.41, 5.74) is 0.